The van der Waals surface area contributed by atoms with Crippen LogP contribution in [0.5, 0.6) is 11.5 Å². The third kappa shape index (κ3) is 4.80. The highest BCUT2D eigenvalue weighted by Crippen LogP contribution is 2.25. The van der Waals surface area contributed by atoms with Crippen molar-refractivity contribution < 1.29 is 32.7 Å². The summed E-state index contributed by atoms with van der Waals surface area (Å²) in [6, 6.07) is 9.11. The lowest BCUT2D eigenvalue weighted by Crippen LogP contribution is -2.52. The average molecular weight is 398 g/mol. The van der Waals surface area contributed by atoms with E-state index in [0.29, 0.717) is 15.8 Å². The second-order valence-corrected chi connectivity index (χ2v) is 7.71. The van der Waals surface area contributed by atoms with Crippen LogP contribution >= 0.6 is 0 Å². The maximum absolute atomic E-state index is 12.9. The van der Waals surface area contributed by atoms with Crippen LogP contribution in [0.25, 0.3) is 0 Å². The van der Waals surface area contributed by atoms with Gasteiger partial charge in [-0.3, -0.25) is 10.0 Å². The zero-order valence-corrected chi connectivity index (χ0v) is 15.4. The van der Waals surface area contributed by atoms with E-state index >= 15 is 0 Å². The molecule has 0 heterocycles. The summed E-state index contributed by atoms with van der Waals surface area (Å²) >= 11 is 0. The molecular formula is C17H19FN2O6S. The zero-order valence-electron chi connectivity index (χ0n) is 14.5. The molecule has 27 heavy (non-hydrogen) atoms. The molecule has 2 aromatic rings. The van der Waals surface area contributed by atoms with Crippen molar-refractivity contribution in [1.82, 2.24) is 9.79 Å². The number of carbonyl (C=O) groups is 1. The molecule has 0 fully saturated rings. The number of nitrogens with zero attached hydrogens (tertiary/aromatic N) is 1. The Morgan fingerprint density at radius 3 is 2.04 bits per heavy atom. The standard InChI is InChI=1S/C17H19FN2O6S/c1-11(21)16(17(22)19-23)20(2)27(24,25)15-9-7-14(8-10-15)26-13-5-3-12(18)4-6-13/h3-11,16,21,23H,1-2H3,(H,19,22)/t11-,16?/m1/s1. The molecule has 0 radical (unpaired) electrons. The predicted octanol–water partition coefficient (Wildman–Crippen LogP) is 1.49. The fraction of sp³-hybridized carbons (Fsp3) is 0.235. The second-order valence-electron chi connectivity index (χ2n) is 5.71. The summed E-state index contributed by atoms with van der Waals surface area (Å²) < 4.78 is 44.4. The van der Waals surface area contributed by atoms with E-state index in [2.05, 4.69) is 0 Å². The number of hydroxylamine groups is 1. The van der Waals surface area contributed by atoms with Crippen molar-refractivity contribution >= 4 is 15.9 Å². The van der Waals surface area contributed by atoms with E-state index in [1.807, 2.05) is 0 Å². The first-order valence-corrected chi connectivity index (χ1v) is 9.24. The monoisotopic (exact) mass is 398 g/mol. The largest absolute Gasteiger partial charge is 0.457 e. The summed E-state index contributed by atoms with van der Waals surface area (Å²) in [5.74, 6) is -0.778. The molecule has 146 valence electrons. The van der Waals surface area contributed by atoms with Gasteiger partial charge < -0.3 is 9.84 Å². The summed E-state index contributed by atoms with van der Waals surface area (Å²) in [5, 5.41) is 18.5. The van der Waals surface area contributed by atoms with Gasteiger partial charge in [-0.2, -0.15) is 4.31 Å². The van der Waals surface area contributed by atoms with Gasteiger partial charge in [0.2, 0.25) is 10.0 Å². The average Bonchev–Trinajstić information content (AvgIpc) is 2.63. The summed E-state index contributed by atoms with van der Waals surface area (Å²) in [4.78, 5) is 11.5. The number of sulfonamides is 1. The van der Waals surface area contributed by atoms with Crippen molar-refractivity contribution in [3.63, 3.8) is 0 Å². The minimum Gasteiger partial charge on any atom is -0.457 e. The number of hydrogen-bond donors (Lipinski definition) is 3. The van der Waals surface area contributed by atoms with Crippen LogP contribution in [0.3, 0.4) is 0 Å². The van der Waals surface area contributed by atoms with Gasteiger partial charge in [0, 0.05) is 7.05 Å². The Balaban J connectivity index is 2.23. The number of likely N-dealkylation sites (N-methyl/N-ethyl adjacent to an activating group) is 1. The summed E-state index contributed by atoms with van der Waals surface area (Å²) in [6.07, 6.45) is -1.36. The number of hydrogen-bond acceptors (Lipinski definition) is 6. The zero-order chi connectivity index (χ0) is 20.2. The fourth-order valence-electron chi connectivity index (χ4n) is 2.39. The number of nitrogens with one attached hydrogen (secondary N) is 1. The Bertz CT molecular complexity index is 885. The first-order valence-electron chi connectivity index (χ1n) is 7.80. The van der Waals surface area contributed by atoms with Gasteiger partial charge >= 0.3 is 0 Å². The molecule has 1 unspecified atom stereocenters. The van der Waals surface area contributed by atoms with E-state index in [1.165, 1.54) is 60.9 Å². The third-order valence-corrected chi connectivity index (χ3v) is 5.63. The van der Waals surface area contributed by atoms with E-state index in [4.69, 9.17) is 9.94 Å². The van der Waals surface area contributed by atoms with Crippen molar-refractivity contribution in [2.75, 3.05) is 7.05 Å². The van der Waals surface area contributed by atoms with Gasteiger partial charge in [0.15, 0.2) is 0 Å². The molecule has 0 bridgehead atoms. The number of rotatable bonds is 7. The van der Waals surface area contributed by atoms with Crippen LogP contribution in [0.4, 0.5) is 4.39 Å². The van der Waals surface area contributed by atoms with Gasteiger partial charge in [0.1, 0.15) is 23.4 Å². The molecule has 0 saturated carbocycles. The van der Waals surface area contributed by atoms with Crippen LogP contribution in [0, 0.1) is 5.82 Å². The van der Waals surface area contributed by atoms with Gasteiger partial charge in [-0.25, -0.2) is 18.3 Å². The molecule has 0 aliphatic carbocycles. The molecule has 0 spiro atoms. The number of amides is 1. The molecule has 10 heteroatoms. The van der Waals surface area contributed by atoms with E-state index in [1.54, 1.807) is 0 Å². The van der Waals surface area contributed by atoms with Crippen LogP contribution in [-0.2, 0) is 14.8 Å². The maximum Gasteiger partial charge on any atom is 0.264 e. The minimum atomic E-state index is -4.14. The summed E-state index contributed by atoms with van der Waals surface area (Å²) in [6.45, 7) is 1.23. The van der Waals surface area contributed by atoms with Crippen molar-refractivity contribution in [2.45, 2.75) is 24.0 Å². The molecule has 8 nitrogen and oxygen atoms in total. The summed E-state index contributed by atoms with van der Waals surface area (Å²) in [7, 11) is -3.02. The Kier molecular flexibility index (Phi) is 6.50. The van der Waals surface area contributed by atoms with Crippen molar-refractivity contribution in [3.05, 3.63) is 54.3 Å². The lowest BCUT2D eigenvalue weighted by molar-refractivity contribution is -0.136. The van der Waals surface area contributed by atoms with Crippen LogP contribution in [0.15, 0.2) is 53.4 Å². The lowest BCUT2D eigenvalue weighted by atomic mass is 10.2. The van der Waals surface area contributed by atoms with Crippen molar-refractivity contribution in [2.24, 2.45) is 0 Å². The van der Waals surface area contributed by atoms with Gasteiger partial charge in [-0.15, -0.1) is 0 Å². The minimum absolute atomic E-state index is 0.146. The second kappa shape index (κ2) is 8.44. The molecule has 2 atom stereocenters. The molecule has 0 aliphatic heterocycles. The number of benzene rings is 2. The molecule has 0 aliphatic rings. The van der Waals surface area contributed by atoms with E-state index < -0.39 is 33.9 Å². The van der Waals surface area contributed by atoms with Crippen LogP contribution in [-0.4, -0.2) is 48.1 Å². The Labute approximate surface area is 155 Å². The lowest BCUT2D eigenvalue weighted by Gasteiger charge is -2.27. The fourth-order valence-corrected chi connectivity index (χ4v) is 3.77. The molecule has 0 saturated heterocycles. The Morgan fingerprint density at radius 1 is 1.11 bits per heavy atom. The third-order valence-electron chi connectivity index (χ3n) is 3.78. The first kappa shape index (κ1) is 20.8. The number of carbonyl (C=O) groups excluding carboxylic acids is 1. The molecular weight excluding hydrogens is 379 g/mol. The molecule has 0 aromatic heterocycles. The quantitative estimate of drug-likeness (QED) is 0.481. The van der Waals surface area contributed by atoms with Crippen LogP contribution in [0.1, 0.15) is 6.92 Å². The van der Waals surface area contributed by atoms with Crippen molar-refractivity contribution in [1.29, 1.82) is 0 Å². The summed E-state index contributed by atoms with van der Waals surface area (Å²) in [5.41, 5.74) is 1.34. The van der Waals surface area contributed by atoms with Gasteiger partial charge in [0.05, 0.1) is 11.0 Å². The normalized spacial score (nSPS) is 13.9. The molecule has 2 aromatic carbocycles. The number of ether oxygens (including phenoxy) is 1. The van der Waals surface area contributed by atoms with Gasteiger partial charge in [-0.1, -0.05) is 0 Å². The molecule has 2 rings (SSSR count). The highest BCUT2D eigenvalue weighted by atomic mass is 32.2. The number of halogens is 1. The first-order chi connectivity index (χ1) is 12.7. The highest BCUT2D eigenvalue weighted by Gasteiger charge is 2.36. The van der Waals surface area contributed by atoms with Gasteiger partial charge in [-0.05, 0) is 55.5 Å². The smallest absolute Gasteiger partial charge is 0.264 e. The van der Waals surface area contributed by atoms with E-state index in [-0.39, 0.29) is 4.90 Å². The number of aliphatic hydroxyl groups excluding tert-OH is 1. The van der Waals surface area contributed by atoms with Gasteiger partial charge in [0.25, 0.3) is 5.91 Å². The Hall–Kier alpha value is -2.53. The highest BCUT2D eigenvalue weighted by molar-refractivity contribution is 7.89. The van der Waals surface area contributed by atoms with E-state index in [9.17, 15) is 22.7 Å². The van der Waals surface area contributed by atoms with E-state index in [0.717, 1.165) is 7.05 Å². The predicted molar refractivity (Wildman–Crippen MR) is 93.3 cm³/mol. The topological polar surface area (TPSA) is 116 Å². The molecule has 3 N–H and O–H groups in total. The SMILES string of the molecule is C[C@@H](O)C(C(=O)NO)N(C)S(=O)(=O)c1ccc(Oc2ccc(F)cc2)cc1. The maximum atomic E-state index is 12.9. The van der Waals surface area contributed by atoms with Crippen molar-refractivity contribution in [3.8, 4) is 11.5 Å². The van der Waals surface area contributed by atoms with Crippen LogP contribution in [0.2, 0.25) is 0 Å². The number of aliphatic hydroxyl groups is 1. The van der Waals surface area contributed by atoms with Crippen LogP contribution < -0.4 is 10.2 Å². The Morgan fingerprint density at radius 2 is 1.59 bits per heavy atom. The molecule has 1 amide bonds.